The Labute approximate surface area is 353 Å². The molecule has 0 N–H and O–H groups in total. The molecule has 0 unspecified atom stereocenters. The van der Waals surface area contributed by atoms with E-state index in [1.165, 1.54) is 116 Å². The van der Waals surface area contributed by atoms with Crippen LogP contribution < -0.4 is 4.90 Å². The monoisotopic (exact) mass is 769 g/mol. The minimum absolute atomic E-state index is 0.106. The van der Waals surface area contributed by atoms with Gasteiger partial charge in [0.2, 0.25) is 0 Å². The summed E-state index contributed by atoms with van der Waals surface area (Å²) in [6.07, 6.45) is 0. The van der Waals surface area contributed by atoms with Crippen LogP contribution in [0.5, 0.6) is 0 Å². The second-order valence-corrected chi connectivity index (χ2v) is 19.0. The number of benzene rings is 9. The number of anilines is 3. The molecule has 12 rings (SSSR count). The first-order valence-corrected chi connectivity index (χ1v) is 21.5. The fraction of sp³-hybridized carbons (Fsp3) is 0.153. The fourth-order valence-corrected chi connectivity index (χ4v) is 11.4. The van der Waals surface area contributed by atoms with E-state index >= 15 is 0 Å². The second-order valence-electron chi connectivity index (χ2n) is 19.0. The Kier molecular flexibility index (Phi) is 7.16. The highest BCUT2D eigenvalue weighted by Gasteiger charge is 2.39. The lowest BCUT2D eigenvalue weighted by atomic mass is 9.81. The van der Waals surface area contributed by atoms with Crippen LogP contribution in [0.1, 0.15) is 74.9 Å². The van der Waals surface area contributed by atoms with Crippen molar-refractivity contribution >= 4 is 38.6 Å². The summed E-state index contributed by atoms with van der Waals surface area (Å²) in [6.45, 7) is 14.3. The minimum Gasteiger partial charge on any atom is -0.310 e. The Morgan fingerprint density at radius 3 is 1.20 bits per heavy atom. The SMILES string of the molecule is CC1(C)c2ccccc2-c2ccc(N(c3ccc4c(c3)C(C)(C)c3ccccc3-4)c3ccc4c(c3)C(C)(C)c3cc(-c5cccc6cc7ccccc7cc56)ccc3-4)cc21. The van der Waals surface area contributed by atoms with Gasteiger partial charge < -0.3 is 4.90 Å². The molecule has 3 aliphatic carbocycles. The van der Waals surface area contributed by atoms with Gasteiger partial charge in [0.25, 0.3) is 0 Å². The molecular formula is C59H47N. The van der Waals surface area contributed by atoms with Crippen molar-refractivity contribution in [1.29, 1.82) is 0 Å². The Balaban J connectivity index is 1.01. The van der Waals surface area contributed by atoms with E-state index in [1.807, 2.05) is 0 Å². The lowest BCUT2D eigenvalue weighted by molar-refractivity contribution is 0.659. The number of hydrogen-bond donors (Lipinski definition) is 0. The molecule has 0 saturated carbocycles. The van der Waals surface area contributed by atoms with E-state index in [4.69, 9.17) is 0 Å². The molecule has 0 spiro atoms. The van der Waals surface area contributed by atoms with Crippen LogP contribution in [-0.2, 0) is 16.2 Å². The predicted octanol–water partition coefficient (Wildman–Crippen LogP) is 16.0. The summed E-state index contributed by atoms with van der Waals surface area (Å²) >= 11 is 0. The van der Waals surface area contributed by atoms with E-state index < -0.39 is 0 Å². The lowest BCUT2D eigenvalue weighted by Gasteiger charge is -2.31. The summed E-state index contributed by atoms with van der Waals surface area (Å²) in [5.41, 5.74) is 22.0. The third-order valence-corrected chi connectivity index (χ3v) is 14.6. The summed E-state index contributed by atoms with van der Waals surface area (Å²) in [7, 11) is 0. The Bertz CT molecular complexity index is 3190. The van der Waals surface area contributed by atoms with Gasteiger partial charge in [-0.1, -0.05) is 163 Å². The summed E-state index contributed by atoms with van der Waals surface area (Å²) in [5, 5.41) is 5.12. The third kappa shape index (κ3) is 4.81. The summed E-state index contributed by atoms with van der Waals surface area (Å²) in [4.78, 5) is 2.52. The van der Waals surface area contributed by atoms with Crippen molar-refractivity contribution in [2.45, 2.75) is 57.8 Å². The van der Waals surface area contributed by atoms with E-state index in [9.17, 15) is 0 Å². The van der Waals surface area contributed by atoms with Gasteiger partial charge in [0.15, 0.2) is 0 Å². The molecule has 0 heterocycles. The van der Waals surface area contributed by atoms with Crippen LogP contribution in [0.15, 0.2) is 176 Å². The number of rotatable bonds is 4. The highest BCUT2D eigenvalue weighted by molar-refractivity contribution is 6.05. The van der Waals surface area contributed by atoms with E-state index in [0.717, 1.165) is 0 Å². The molecule has 0 atom stereocenters. The van der Waals surface area contributed by atoms with Gasteiger partial charge in [0.1, 0.15) is 0 Å². The maximum atomic E-state index is 2.52. The van der Waals surface area contributed by atoms with Gasteiger partial charge >= 0.3 is 0 Å². The van der Waals surface area contributed by atoms with E-state index in [1.54, 1.807) is 0 Å². The van der Waals surface area contributed by atoms with Gasteiger partial charge in [-0.05, 0) is 154 Å². The van der Waals surface area contributed by atoms with Gasteiger partial charge in [0, 0.05) is 33.3 Å². The lowest BCUT2D eigenvalue weighted by Crippen LogP contribution is -2.19. The molecule has 0 aliphatic heterocycles. The van der Waals surface area contributed by atoms with Gasteiger partial charge in [-0.25, -0.2) is 0 Å². The van der Waals surface area contributed by atoms with Gasteiger partial charge in [-0.15, -0.1) is 0 Å². The van der Waals surface area contributed by atoms with Crippen molar-refractivity contribution in [2.75, 3.05) is 4.90 Å². The Morgan fingerprint density at radius 1 is 0.283 bits per heavy atom. The summed E-state index contributed by atoms with van der Waals surface area (Å²) in [6, 6.07) is 66.8. The molecule has 0 aromatic heterocycles. The van der Waals surface area contributed by atoms with Crippen LogP contribution in [0.25, 0.3) is 66.1 Å². The van der Waals surface area contributed by atoms with E-state index in [0.29, 0.717) is 0 Å². The predicted molar refractivity (Wildman–Crippen MR) is 254 cm³/mol. The van der Waals surface area contributed by atoms with E-state index in [2.05, 4.69) is 222 Å². The van der Waals surface area contributed by atoms with Crippen LogP contribution in [-0.4, -0.2) is 0 Å². The zero-order chi connectivity index (χ0) is 40.7. The summed E-state index contributed by atoms with van der Waals surface area (Å²) < 4.78 is 0. The molecule has 0 amide bonds. The molecule has 60 heavy (non-hydrogen) atoms. The molecule has 9 aromatic carbocycles. The highest BCUT2D eigenvalue weighted by Crippen LogP contribution is 2.55. The molecule has 0 bridgehead atoms. The van der Waals surface area contributed by atoms with Crippen molar-refractivity contribution in [3.05, 3.63) is 209 Å². The second kappa shape index (κ2) is 12.2. The van der Waals surface area contributed by atoms with Crippen molar-refractivity contribution in [3.63, 3.8) is 0 Å². The van der Waals surface area contributed by atoms with Crippen LogP contribution in [0.3, 0.4) is 0 Å². The molecule has 1 heteroatoms. The fourth-order valence-electron chi connectivity index (χ4n) is 11.4. The molecule has 0 fully saturated rings. The molecule has 0 saturated heterocycles. The van der Waals surface area contributed by atoms with Crippen molar-refractivity contribution in [1.82, 2.24) is 0 Å². The largest absolute Gasteiger partial charge is 0.310 e. The highest BCUT2D eigenvalue weighted by atomic mass is 15.1. The molecule has 1 nitrogen and oxygen atoms in total. The summed E-state index contributed by atoms with van der Waals surface area (Å²) in [5.74, 6) is 0. The zero-order valence-corrected chi connectivity index (χ0v) is 35.2. The average molecular weight is 770 g/mol. The topological polar surface area (TPSA) is 3.24 Å². The smallest absolute Gasteiger partial charge is 0.0465 e. The van der Waals surface area contributed by atoms with Crippen molar-refractivity contribution in [3.8, 4) is 44.5 Å². The first kappa shape index (κ1) is 35.3. The Morgan fingerprint density at radius 2 is 0.667 bits per heavy atom. The normalized spacial score (nSPS) is 15.6. The molecule has 3 aliphatic rings. The third-order valence-electron chi connectivity index (χ3n) is 14.6. The van der Waals surface area contributed by atoms with E-state index in [-0.39, 0.29) is 16.2 Å². The average Bonchev–Trinajstić information content (AvgIpc) is 3.74. The first-order valence-electron chi connectivity index (χ1n) is 21.5. The van der Waals surface area contributed by atoms with Gasteiger partial charge in [-0.2, -0.15) is 0 Å². The van der Waals surface area contributed by atoms with Crippen LogP contribution >= 0.6 is 0 Å². The number of nitrogens with zero attached hydrogens (tertiary/aromatic N) is 1. The van der Waals surface area contributed by atoms with Gasteiger partial charge in [0.05, 0.1) is 0 Å². The molecule has 9 aromatic rings. The maximum absolute atomic E-state index is 2.52. The molecule has 288 valence electrons. The van der Waals surface area contributed by atoms with Crippen LogP contribution in [0, 0.1) is 0 Å². The Hall–Kier alpha value is -6.70. The van der Waals surface area contributed by atoms with Crippen LogP contribution in [0.2, 0.25) is 0 Å². The number of fused-ring (bicyclic) bond motifs is 11. The maximum Gasteiger partial charge on any atom is 0.0465 e. The van der Waals surface area contributed by atoms with Crippen molar-refractivity contribution < 1.29 is 0 Å². The standard InChI is InChI=1S/C59H47N/c1-57(2)51-20-11-9-17-44(51)47-27-23-40(33-54(47)57)60(41-24-28-48-45-18-10-12-21-52(45)58(3,4)55(48)34-41)42-25-29-49-46-26-22-39(32-53(46)59(5,6)56(49)35-42)43-19-13-16-38-30-36-14-7-8-15-37(36)31-50(38)43/h7-35H,1-6H3. The van der Waals surface area contributed by atoms with Crippen LogP contribution in [0.4, 0.5) is 17.1 Å². The first-order chi connectivity index (χ1) is 29.0. The molecular weight excluding hydrogens is 723 g/mol. The zero-order valence-electron chi connectivity index (χ0n) is 35.2. The quantitative estimate of drug-likeness (QED) is 0.161. The molecule has 0 radical (unpaired) electrons. The van der Waals surface area contributed by atoms with Gasteiger partial charge in [-0.3, -0.25) is 0 Å². The van der Waals surface area contributed by atoms with Crippen molar-refractivity contribution in [2.24, 2.45) is 0 Å². The number of hydrogen-bond acceptors (Lipinski definition) is 1. The minimum atomic E-state index is -0.206.